The van der Waals surface area contributed by atoms with Crippen molar-refractivity contribution in [1.82, 2.24) is 10.3 Å². The van der Waals surface area contributed by atoms with Crippen LogP contribution in [0.1, 0.15) is 27.2 Å². The topological polar surface area (TPSA) is 80.0 Å². The molecule has 0 saturated carbocycles. The van der Waals surface area contributed by atoms with Gasteiger partial charge in [-0.1, -0.05) is 6.92 Å². The van der Waals surface area contributed by atoms with Crippen LogP contribution in [0.15, 0.2) is 24.4 Å². The Hall–Kier alpha value is -2.08. The maximum Gasteiger partial charge on any atom is 0.251 e. The fraction of sp³-hybridized carbons (Fsp3) is 0.286. The molecule has 20 heavy (non-hydrogen) atoms. The number of aryl methyl sites for hydroxylation is 1. The molecule has 0 atom stereocenters. The summed E-state index contributed by atoms with van der Waals surface area (Å²) in [5.41, 5.74) is 7.87. The van der Waals surface area contributed by atoms with E-state index < -0.39 is 0 Å². The number of hydrogen-bond donors (Lipinski definition) is 3. The van der Waals surface area contributed by atoms with Crippen molar-refractivity contribution in [3.8, 4) is 0 Å². The van der Waals surface area contributed by atoms with Crippen LogP contribution in [0.3, 0.4) is 0 Å². The van der Waals surface area contributed by atoms with Gasteiger partial charge in [0.25, 0.3) is 5.91 Å². The largest absolute Gasteiger partial charge is 0.397 e. The Kier molecular flexibility index (Phi) is 4.57. The summed E-state index contributed by atoms with van der Waals surface area (Å²) < 4.78 is 0. The number of anilines is 2. The van der Waals surface area contributed by atoms with Crippen molar-refractivity contribution in [2.45, 2.75) is 19.9 Å². The Morgan fingerprint density at radius 3 is 2.85 bits per heavy atom. The zero-order chi connectivity index (χ0) is 14.5. The fourth-order valence-corrected chi connectivity index (χ4v) is 2.58. The Labute approximate surface area is 122 Å². The van der Waals surface area contributed by atoms with E-state index in [0.29, 0.717) is 17.8 Å². The van der Waals surface area contributed by atoms with Crippen molar-refractivity contribution in [2.24, 2.45) is 0 Å². The molecule has 0 aliphatic rings. The summed E-state index contributed by atoms with van der Waals surface area (Å²) in [5.74, 6) is -0.143. The second kappa shape index (κ2) is 6.38. The summed E-state index contributed by atoms with van der Waals surface area (Å²) in [5, 5.41) is 6.84. The van der Waals surface area contributed by atoms with E-state index in [-0.39, 0.29) is 5.91 Å². The van der Waals surface area contributed by atoms with Gasteiger partial charge >= 0.3 is 0 Å². The minimum absolute atomic E-state index is 0.143. The van der Waals surface area contributed by atoms with Gasteiger partial charge in [0.05, 0.1) is 17.9 Å². The van der Waals surface area contributed by atoms with Gasteiger partial charge in [-0.05, 0) is 24.6 Å². The molecule has 2 rings (SSSR count). The third-order valence-electron chi connectivity index (χ3n) is 2.92. The summed E-state index contributed by atoms with van der Waals surface area (Å²) in [6.45, 7) is 2.74. The number of hydrogen-bond acceptors (Lipinski definition) is 5. The standard InChI is InChI=1S/C14H18N4OS/c1-3-10-7-18-13(20-10)8-17-12-5-4-9(6-11(12)15)14(19)16-2/h4-7,17H,3,8,15H2,1-2H3,(H,16,19). The molecule has 0 aliphatic carbocycles. The molecular weight excluding hydrogens is 272 g/mol. The molecule has 0 aliphatic heterocycles. The number of nitrogens with two attached hydrogens (primary N) is 1. The lowest BCUT2D eigenvalue weighted by Crippen LogP contribution is -2.18. The minimum atomic E-state index is -0.143. The molecule has 1 aromatic heterocycles. The molecule has 2 aromatic rings. The van der Waals surface area contributed by atoms with Crippen LogP contribution in [-0.4, -0.2) is 17.9 Å². The van der Waals surface area contributed by atoms with E-state index in [1.807, 2.05) is 12.3 Å². The second-order valence-corrected chi connectivity index (χ2v) is 5.51. The molecule has 0 bridgehead atoms. The number of rotatable bonds is 5. The molecule has 106 valence electrons. The van der Waals surface area contributed by atoms with Crippen molar-refractivity contribution in [3.63, 3.8) is 0 Å². The Balaban J connectivity index is 2.04. The van der Waals surface area contributed by atoms with Gasteiger partial charge in [0.2, 0.25) is 0 Å². The first-order valence-electron chi connectivity index (χ1n) is 6.43. The lowest BCUT2D eigenvalue weighted by atomic mass is 10.1. The maximum atomic E-state index is 11.5. The monoisotopic (exact) mass is 290 g/mol. The number of nitrogens with zero attached hydrogens (tertiary/aromatic N) is 1. The van der Waals surface area contributed by atoms with Gasteiger partial charge < -0.3 is 16.4 Å². The number of thiazole rings is 1. The number of aromatic nitrogens is 1. The Morgan fingerprint density at radius 2 is 2.25 bits per heavy atom. The van der Waals surface area contributed by atoms with E-state index in [2.05, 4.69) is 22.5 Å². The number of amides is 1. The van der Waals surface area contributed by atoms with Crippen molar-refractivity contribution >= 4 is 28.6 Å². The second-order valence-electron chi connectivity index (χ2n) is 4.31. The highest BCUT2D eigenvalue weighted by Crippen LogP contribution is 2.22. The number of nitrogens with one attached hydrogen (secondary N) is 2. The summed E-state index contributed by atoms with van der Waals surface area (Å²) in [6, 6.07) is 5.23. The first-order chi connectivity index (χ1) is 9.63. The van der Waals surface area contributed by atoms with E-state index in [0.717, 1.165) is 17.1 Å². The van der Waals surface area contributed by atoms with Crippen LogP contribution in [-0.2, 0) is 13.0 Å². The van der Waals surface area contributed by atoms with Crippen molar-refractivity contribution in [3.05, 3.63) is 39.8 Å². The lowest BCUT2D eigenvalue weighted by molar-refractivity contribution is 0.0963. The number of carbonyl (C=O) groups excluding carboxylic acids is 1. The SMILES string of the molecule is CCc1cnc(CNc2ccc(C(=O)NC)cc2N)s1. The average Bonchev–Trinajstić information content (AvgIpc) is 2.93. The normalized spacial score (nSPS) is 10.3. The quantitative estimate of drug-likeness (QED) is 0.738. The van der Waals surface area contributed by atoms with E-state index in [4.69, 9.17) is 5.73 Å². The van der Waals surface area contributed by atoms with E-state index in [1.54, 1.807) is 30.5 Å². The van der Waals surface area contributed by atoms with Gasteiger partial charge in [0, 0.05) is 23.7 Å². The Bertz CT molecular complexity index is 609. The lowest BCUT2D eigenvalue weighted by Gasteiger charge is -2.09. The molecule has 0 saturated heterocycles. The number of nitrogen functional groups attached to an aromatic ring is 1. The molecule has 5 nitrogen and oxygen atoms in total. The molecule has 6 heteroatoms. The molecule has 1 amide bonds. The van der Waals surface area contributed by atoms with Crippen LogP contribution in [0.5, 0.6) is 0 Å². The summed E-state index contributed by atoms with van der Waals surface area (Å²) in [4.78, 5) is 17.1. The van der Waals surface area contributed by atoms with Crippen molar-refractivity contribution in [1.29, 1.82) is 0 Å². The van der Waals surface area contributed by atoms with Crippen LogP contribution in [0.2, 0.25) is 0 Å². The third-order valence-corrected chi connectivity index (χ3v) is 4.06. The van der Waals surface area contributed by atoms with E-state index in [1.165, 1.54) is 4.88 Å². The summed E-state index contributed by atoms with van der Waals surface area (Å²) >= 11 is 1.69. The highest BCUT2D eigenvalue weighted by Gasteiger charge is 2.07. The molecular formula is C14H18N4OS. The van der Waals surface area contributed by atoms with Gasteiger partial charge in [-0.15, -0.1) is 11.3 Å². The summed E-state index contributed by atoms with van der Waals surface area (Å²) in [6.07, 6.45) is 2.90. The smallest absolute Gasteiger partial charge is 0.251 e. The van der Waals surface area contributed by atoms with Crippen LogP contribution in [0, 0.1) is 0 Å². The zero-order valence-corrected chi connectivity index (χ0v) is 12.4. The van der Waals surface area contributed by atoms with E-state index >= 15 is 0 Å². The highest BCUT2D eigenvalue weighted by molar-refractivity contribution is 7.11. The van der Waals surface area contributed by atoms with Crippen molar-refractivity contribution < 1.29 is 4.79 Å². The molecule has 1 heterocycles. The summed E-state index contributed by atoms with van der Waals surface area (Å²) in [7, 11) is 1.60. The molecule has 0 unspecified atom stereocenters. The van der Waals surface area contributed by atoms with Gasteiger partial charge in [0.1, 0.15) is 5.01 Å². The molecule has 1 aromatic carbocycles. The first kappa shape index (κ1) is 14.3. The molecule has 0 spiro atoms. The molecule has 0 radical (unpaired) electrons. The van der Waals surface area contributed by atoms with Gasteiger partial charge in [-0.2, -0.15) is 0 Å². The molecule has 0 fully saturated rings. The maximum absolute atomic E-state index is 11.5. The van der Waals surface area contributed by atoms with Crippen LogP contribution in [0.25, 0.3) is 0 Å². The van der Waals surface area contributed by atoms with Gasteiger partial charge in [0.15, 0.2) is 0 Å². The zero-order valence-electron chi connectivity index (χ0n) is 11.6. The average molecular weight is 290 g/mol. The van der Waals surface area contributed by atoms with Crippen molar-refractivity contribution in [2.75, 3.05) is 18.1 Å². The Morgan fingerprint density at radius 1 is 1.45 bits per heavy atom. The number of benzene rings is 1. The highest BCUT2D eigenvalue weighted by atomic mass is 32.1. The first-order valence-corrected chi connectivity index (χ1v) is 7.24. The third kappa shape index (κ3) is 3.27. The predicted molar refractivity (Wildman–Crippen MR) is 83.1 cm³/mol. The fourth-order valence-electron chi connectivity index (χ4n) is 1.77. The van der Waals surface area contributed by atoms with Crippen LogP contribution in [0.4, 0.5) is 11.4 Å². The number of carbonyl (C=O) groups is 1. The minimum Gasteiger partial charge on any atom is -0.397 e. The molecule has 4 N–H and O–H groups in total. The van der Waals surface area contributed by atoms with Gasteiger partial charge in [-0.3, -0.25) is 4.79 Å². The van der Waals surface area contributed by atoms with Gasteiger partial charge in [-0.25, -0.2) is 4.98 Å². The van der Waals surface area contributed by atoms with Crippen LogP contribution < -0.4 is 16.4 Å². The van der Waals surface area contributed by atoms with Crippen LogP contribution >= 0.6 is 11.3 Å². The van der Waals surface area contributed by atoms with E-state index in [9.17, 15) is 4.79 Å². The predicted octanol–water partition coefficient (Wildman–Crippen LogP) is 2.26.